The molecule has 6 rings (SSSR count). The van der Waals surface area contributed by atoms with Gasteiger partial charge in [-0.2, -0.15) is 0 Å². The molecule has 0 saturated carbocycles. The molecule has 2 aliphatic heterocycles. The quantitative estimate of drug-likeness (QED) is 0.201. The fourth-order valence-electron chi connectivity index (χ4n) is 6.40. The van der Waals surface area contributed by atoms with Crippen molar-refractivity contribution in [2.45, 2.75) is 37.8 Å². The van der Waals surface area contributed by atoms with Crippen molar-refractivity contribution in [3.8, 4) is 45.1 Å². The Hall–Kier alpha value is -3.62. The van der Waals surface area contributed by atoms with Crippen LogP contribution in [0.4, 0.5) is 0 Å². The van der Waals surface area contributed by atoms with Gasteiger partial charge in [0.05, 0.1) is 35.5 Å². The van der Waals surface area contributed by atoms with E-state index in [1.807, 2.05) is 54.6 Å². The number of nitrogens with zero attached hydrogens (tertiary/aromatic N) is 2. The molecule has 9 heteroatoms. The number of nitrogens with two attached hydrogens (primary N) is 1. The largest absolute Gasteiger partial charge is 0.496 e. The van der Waals surface area contributed by atoms with Crippen LogP contribution in [0.15, 0.2) is 66.7 Å². The zero-order valence-corrected chi connectivity index (χ0v) is 26.5. The number of halogens is 2. The number of aromatic nitrogens is 1. The van der Waals surface area contributed by atoms with Gasteiger partial charge in [-0.1, -0.05) is 77.8 Å². The minimum Gasteiger partial charge on any atom is -0.496 e. The zero-order chi connectivity index (χ0) is 30.8. The average molecular weight is 632 g/mol. The lowest BCUT2D eigenvalue weighted by molar-refractivity contribution is -0.120. The van der Waals surface area contributed by atoms with Crippen LogP contribution in [0.3, 0.4) is 0 Å². The Morgan fingerprint density at radius 1 is 0.909 bits per heavy atom. The molecule has 4 aromatic rings. The fraction of sp³-hybridized carbons (Fsp3) is 0.314. The summed E-state index contributed by atoms with van der Waals surface area (Å²) in [6.07, 6.45) is 3.26. The van der Waals surface area contributed by atoms with Gasteiger partial charge < -0.3 is 20.5 Å². The second kappa shape index (κ2) is 12.8. The third kappa shape index (κ3) is 5.89. The highest BCUT2D eigenvalue weighted by Gasteiger charge is 2.47. The normalized spacial score (nSPS) is 15.7. The van der Waals surface area contributed by atoms with Gasteiger partial charge in [-0.15, -0.1) is 0 Å². The number of benzene rings is 3. The summed E-state index contributed by atoms with van der Waals surface area (Å²) in [5, 5.41) is 4.30. The summed E-state index contributed by atoms with van der Waals surface area (Å²) in [5.74, 6) is 1.53. The van der Waals surface area contributed by atoms with Gasteiger partial charge in [0, 0.05) is 53.9 Å². The number of pyridine rings is 1. The monoisotopic (exact) mass is 630 g/mol. The molecular formula is C35H36Cl2N4O3. The van der Waals surface area contributed by atoms with Crippen LogP contribution >= 0.6 is 23.2 Å². The summed E-state index contributed by atoms with van der Waals surface area (Å²) in [7, 11) is 3.31. The average Bonchev–Trinajstić information content (AvgIpc) is 3.42. The number of hydrogen-bond donors (Lipinski definition) is 2. The molecule has 0 unspecified atom stereocenters. The molecule has 228 valence electrons. The Balaban J connectivity index is 1.27. The zero-order valence-electron chi connectivity index (χ0n) is 25.0. The molecule has 1 amide bonds. The minimum atomic E-state index is -0.0653. The predicted molar refractivity (Wildman–Crippen MR) is 176 cm³/mol. The van der Waals surface area contributed by atoms with Crippen LogP contribution < -0.4 is 20.5 Å². The number of ether oxygens (including phenoxy) is 2. The van der Waals surface area contributed by atoms with Gasteiger partial charge in [-0.3, -0.25) is 9.69 Å². The maximum Gasteiger partial charge on any atom is 0.220 e. The molecule has 2 fully saturated rings. The van der Waals surface area contributed by atoms with Crippen LogP contribution in [-0.4, -0.2) is 55.2 Å². The van der Waals surface area contributed by atoms with Crippen LogP contribution in [0.5, 0.6) is 11.6 Å². The molecular weight excluding hydrogens is 595 g/mol. The molecule has 2 aliphatic rings. The summed E-state index contributed by atoms with van der Waals surface area (Å²) in [6, 6.07) is 22.1. The number of methoxy groups -OCH3 is 2. The van der Waals surface area contributed by atoms with Crippen LogP contribution in [0.25, 0.3) is 33.5 Å². The Kier molecular flexibility index (Phi) is 8.83. The van der Waals surface area contributed by atoms with Crippen molar-refractivity contribution >= 4 is 29.1 Å². The van der Waals surface area contributed by atoms with Gasteiger partial charge in [0.15, 0.2) is 0 Å². The first-order valence-electron chi connectivity index (χ1n) is 14.9. The lowest BCUT2D eigenvalue weighted by Crippen LogP contribution is -2.66. The molecule has 0 atom stereocenters. The maximum atomic E-state index is 11.7. The Labute approximate surface area is 268 Å². The minimum absolute atomic E-state index is 0.0653. The lowest BCUT2D eigenvalue weighted by Gasteiger charge is -2.48. The van der Waals surface area contributed by atoms with Crippen LogP contribution in [0, 0.1) is 0 Å². The maximum absolute atomic E-state index is 11.7. The first kappa shape index (κ1) is 30.4. The van der Waals surface area contributed by atoms with Gasteiger partial charge in [0.1, 0.15) is 5.75 Å². The Morgan fingerprint density at radius 2 is 1.59 bits per heavy atom. The van der Waals surface area contributed by atoms with E-state index in [2.05, 4.69) is 22.3 Å². The third-order valence-corrected chi connectivity index (χ3v) is 9.44. The third-order valence-electron chi connectivity index (χ3n) is 8.63. The number of carbonyl (C=O) groups excluding carboxylic acids is 1. The van der Waals surface area contributed by atoms with Crippen molar-refractivity contribution in [2.24, 2.45) is 5.73 Å². The van der Waals surface area contributed by atoms with E-state index in [4.69, 9.17) is 43.4 Å². The van der Waals surface area contributed by atoms with Crippen molar-refractivity contribution in [1.82, 2.24) is 15.2 Å². The molecule has 0 bridgehead atoms. The van der Waals surface area contributed by atoms with E-state index in [9.17, 15) is 4.79 Å². The second-order valence-electron chi connectivity index (χ2n) is 11.6. The molecule has 0 radical (unpaired) electrons. The van der Waals surface area contributed by atoms with Crippen molar-refractivity contribution in [3.63, 3.8) is 0 Å². The fourth-order valence-corrected chi connectivity index (χ4v) is 7.06. The second-order valence-corrected chi connectivity index (χ2v) is 12.3. The van der Waals surface area contributed by atoms with Crippen molar-refractivity contribution in [3.05, 3.63) is 87.9 Å². The van der Waals surface area contributed by atoms with E-state index in [0.29, 0.717) is 41.1 Å². The molecule has 0 aliphatic carbocycles. The SMILES string of the molecule is COc1cc(-c2cccc(-c3cccc(-c4ccc(CN5CC6(CCC(=O)N6)C5)c(OC)n4)c3Cl)c2Cl)ccc1CCCN. The molecule has 7 nitrogen and oxygen atoms in total. The number of nitrogens with one attached hydrogen (secondary N) is 1. The molecule has 2 saturated heterocycles. The van der Waals surface area contributed by atoms with Crippen LogP contribution in [0.1, 0.15) is 30.4 Å². The van der Waals surface area contributed by atoms with Gasteiger partial charge in [0.2, 0.25) is 11.8 Å². The van der Waals surface area contributed by atoms with Gasteiger partial charge in [-0.05, 0) is 49.1 Å². The highest BCUT2D eigenvalue weighted by Crippen LogP contribution is 2.43. The van der Waals surface area contributed by atoms with E-state index >= 15 is 0 Å². The molecule has 3 N–H and O–H groups in total. The standard InChI is InChI=1S/C35H36Cl2N4O3/c1-43-30-18-23(12-11-22(30)6-5-17-38)25-7-3-8-26(32(25)36)27-9-4-10-28(33(27)37)29-14-13-24(34(39-29)44-2)19-41-20-35(21-41)16-15-31(42)40-35/h3-4,7-14,18H,5-6,15-17,19-21,38H2,1-2H3,(H,40,42). The number of likely N-dealkylation sites (tertiary alicyclic amines) is 1. The van der Waals surface area contributed by atoms with Gasteiger partial charge in [-0.25, -0.2) is 4.98 Å². The molecule has 1 aromatic heterocycles. The number of amides is 1. The van der Waals surface area contributed by atoms with Crippen molar-refractivity contribution in [1.29, 1.82) is 0 Å². The highest BCUT2D eigenvalue weighted by atomic mass is 35.5. The van der Waals surface area contributed by atoms with E-state index < -0.39 is 0 Å². The summed E-state index contributed by atoms with van der Waals surface area (Å²) in [5.41, 5.74) is 12.8. The first-order valence-corrected chi connectivity index (χ1v) is 15.6. The van der Waals surface area contributed by atoms with E-state index in [-0.39, 0.29) is 11.4 Å². The topological polar surface area (TPSA) is 89.7 Å². The molecule has 1 spiro atoms. The summed E-state index contributed by atoms with van der Waals surface area (Å²) in [6.45, 7) is 3.00. The number of rotatable bonds is 10. The summed E-state index contributed by atoms with van der Waals surface area (Å²) >= 11 is 14.2. The van der Waals surface area contributed by atoms with Crippen molar-refractivity contribution < 1.29 is 14.3 Å². The van der Waals surface area contributed by atoms with Gasteiger partial charge in [0.25, 0.3) is 0 Å². The summed E-state index contributed by atoms with van der Waals surface area (Å²) < 4.78 is 11.4. The molecule has 44 heavy (non-hydrogen) atoms. The molecule has 3 aromatic carbocycles. The van der Waals surface area contributed by atoms with Crippen molar-refractivity contribution in [2.75, 3.05) is 33.9 Å². The van der Waals surface area contributed by atoms with E-state index in [1.54, 1.807) is 14.2 Å². The van der Waals surface area contributed by atoms with Crippen LogP contribution in [-0.2, 0) is 17.8 Å². The Morgan fingerprint density at radius 3 is 2.25 bits per heavy atom. The van der Waals surface area contributed by atoms with Gasteiger partial charge >= 0.3 is 0 Å². The smallest absolute Gasteiger partial charge is 0.220 e. The lowest BCUT2D eigenvalue weighted by atomic mass is 9.88. The first-order chi connectivity index (χ1) is 21.3. The van der Waals surface area contributed by atoms with Crippen LogP contribution in [0.2, 0.25) is 10.0 Å². The number of carbonyl (C=O) groups is 1. The van der Waals surface area contributed by atoms with E-state index in [0.717, 1.165) is 77.0 Å². The molecule has 3 heterocycles. The highest BCUT2D eigenvalue weighted by molar-refractivity contribution is 6.39. The number of hydrogen-bond acceptors (Lipinski definition) is 6. The number of aryl methyl sites for hydroxylation is 1. The Bertz CT molecular complexity index is 1700. The van der Waals surface area contributed by atoms with E-state index in [1.165, 1.54) is 0 Å². The predicted octanol–water partition coefficient (Wildman–Crippen LogP) is 6.76. The summed E-state index contributed by atoms with van der Waals surface area (Å²) in [4.78, 5) is 18.9.